The lowest BCUT2D eigenvalue weighted by Gasteiger charge is -2.34. The first-order valence-electron chi connectivity index (χ1n) is 10.6. The van der Waals surface area contributed by atoms with Crippen molar-refractivity contribution in [1.82, 2.24) is 19.9 Å². The van der Waals surface area contributed by atoms with E-state index in [0.29, 0.717) is 18.8 Å². The van der Waals surface area contributed by atoms with Crippen molar-refractivity contribution >= 4 is 11.7 Å². The molecule has 1 N–H and O–H groups in total. The van der Waals surface area contributed by atoms with E-state index in [1.165, 1.54) is 0 Å². The van der Waals surface area contributed by atoms with Gasteiger partial charge in [0, 0.05) is 56.7 Å². The lowest BCUT2D eigenvalue weighted by atomic mass is 9.93. The van der Waals surface area contributed by atoms with E-state index >= 15 is 0 Å². The molecule has 2 aromatic rings. The number of anilines is 1. The maximum atomic E-state index is 12.8. The zero-order valence-corrected chi connectivity index (χ0v) is 17.0. The van der Waals surface area contributed by atoms with Crippen molar-refractivity contribution in [2.24, 2.45) is 0 Å². The number of ether oxygens (including phenoxy) is 1. The number of amides is 1. The highest BCUT2D eigenvalue weighted by molar-refractivity contribution is 5.77. The highest BCUT2D eigenvalue weighted by Crippen LogP contribution is 2.29. The maximum absolute atomic E-state index is 12.8. The number of rotatable bonds is 5. The van der Waals surface area contributed by atoms with Crippen molar-refractivity contribution in [3.05, 3.63) is 36.3 Å². The molecule has 2 fully saturated rings. The average molecular weight is 396 g/mol. The molecule has 0 radical (unpaired) electrons. The van der Waals surface area contributed by atoms with Crippen LogP contribution in [-0.4, -0.2) is 58.6 Å². The third-order valence-corrected chi connectivity index (χ3v) is 5.81. The van der Waals surface area contributed by atoms with Crippen molar-refractivity contribution in [1.29, 1.82) is 0 Å². The number of aromatic nitrogens is 3. The van der Waals surface area contributed by atoms with Gasteiger partial charge in [-0.05, 0) is 44.2 Å². The van der Waals surface area contributed by atoms with E-state index in [2.05, 4.69) is 15.3 Å². The van der Waals surface area contributed by atoms with Crippen LogP contribution >= 0.6 is 0 Å². The van der Waals surface area contributed by atoms with Gasteiger partial charge in [0.25, 0.3) is 0 Å². The minimum absolute atomic E-state index is 0.0878. The Labute approximate surface area is 171 Å². The average Bonchev–Trinajstić information content (AvgIpc) is 2.80. The fraction of sp³-hybridized carbons (Fsp3) is 0.545. The molecule has 0 aliphatic carbocycles. The Morgan fingerprint density at radius 1 is 1.21 bits per heavy atom. The first-order chi connectivity index (χ1) is 14.2. The van der Waals surface area contributed by atoms with Gasteiger partial charge in [0.05, 0.1) is 18.2 Å². The summed E-state index contributed by atoms with van der Waals surface area (Å²) in [7, 11) is 1.86. The minimum atomic E-state index is 0.0878. The second-order valence-corrected chi connectivity index (χ2v) is 7.86. The molecular formula is C22H29N5O2. The number of nitrogens with zero attached hydrogens (tertiary/aromatic N) is 4. The summed E-state index contributed by atoms with van der Waals surface area (Å²) in [5.74, 6) is 1.91. The van der Waals surface area contributed by atoms with Crippen LogP contribution in [0.1, 0.15) is 50.1 Å². The molecule has 4 rings (SSSR count). The molecule has 154 valence electrons. The molecule has 0 unspecified atom stereocenters. The van der Waals surface area contributed by atoms with Crippen molar-refractivity contribution in [3.8, 4) is 11.4 Å². The number of carbonyl (C=O) groups excluding carboxylic acids is 1. The predicted molar refractivity (Wildman–Crippen MR) is 112 cm³/mol. The van der Waals surface area contributed by atoms with Gasteiger partial charge in [0.2, 0.25) is 5.91 Å². The van der Waals surface area contributed by atoms with E-state index in [1.807, 2.05) is 30.1 Å². The molecule has 0 aromatic carbocycles. The van der Waals surface area contributed by atoms with Gasteiger partial charge in [-0.2, -0.15) is 0 Å². The Bertz CT molecular complexity index is 823. The van der Waals surface area contributed by atoms with E-state index in [-0.39, 0.29) is 17.9 Å². The van der Waals surface area contributed by atoms with Crippen LogP contribution in [0.15, 0.2) is 30.6 Å². The molecule has 1 amide bonds. The topological polar surface area (TPSA) is 80.2 Å². The highest BCUT2D eigenvalue weighted by atomic mass is 16.5. The van der Waals surface area contributed by atoms with Crippen LogP contribution in [0.25, 0.3) is 11.4 Å². The van der Waals surface area contributed by atoms with Crippen LogP contribution in [0.5, 0.6) is 0 Å². The first-order valence-corrected chi connectivity index (χ1v) is 10.6. The Morgan fingerprint density at radius 3 is 2.83 bits per heavy atom. The van der Waals surface area contributed by atoms with Crippen molar-refractivity contribution in [2.75, 3.05) is 32.1 Å². The smallest absolute Gasteiger partial charge is 0.225 e. The minimum Gasteiger partial charge on any atom is -0.378 e. The molecule has 0 spiro atoms. The molecule has 4 heterocycles. The number of hydrogen-bond donors (Lipinski definition) is 1. The molecule has 0 saturated carbocycles. The van der Waals surface area contributed by atoms with Gasteiger partial charge in [-0.25, -0.2) is 9.97 Å². The lowest BCUT2D eigenvalue weighted by Crippen LogP contribution is -2.41. The Kier molecular flexibility index (Phi) is 6.34. The van der Waals surface area contributed by atoms with Crippen LogP contribution in [0.4, 0.5) is 5.82 Å². The molecular weight excluding hydrogens is 366 g/mol. The van der Waals surface area contributed by atoms with Crippen molar-refractivity contribution in [3.63, 3.8) is 0 Å². The molecule has 7 heteroatoms. The largest absolute Gasteiger partial charge is 0.378 e. The molecule has 2 atom stereocenters. The molecule has 2 aliphatic heterocycles. The Hall–Kier alpha value is -2.54. The lowest BCUT2D eigenvalue weighted by molar-refractivity contribution is -0.136. The summed E-state index contributed by atoms with van der Waals surface area (Å²) < 4.78 is 5.76. The summed E-state index contributed by atoms with van der Waals surface area (Å²) in [5, 5.41) is 3.14. The SMILES string of the molecule is CNc1cc([C@@H]2CCCN(C(=O)C[C@@H]3CCCCO3)C2)nc(-c2ccncc2)n1. The van der Waals surface area contributed by atoms with Crippen LogP contribution in [0, 0.1) is 0 Å². The van der Waals surface area contributed by atoms with Crippen molar-refractivity contribution < 1.29 is 9.53 Å². The van der Waals surface area contributed by atoms with Gasteiger partial charge < -0.3 is 15.0 Å². The van der Waals surface area contributed by atoms with E-state index in [0.717, 1.165) is 62.3 Å². The second-order valence-electron chi connectivity index (χ2n) is 7.86. The second kappa shape index (κ2) is 9.31. The van der Waals surface area contributed by atoms with Crippen LogP contribution < -0.4 is 5.32 Å². The number of likely N-dealkylation sites (tertiary alicyclic amines) is 1. The normalized spacial score (nSPS) is 22.3. The molecule has 7 nitrogen and oxygen atoms in total. The fourth-order valence-corrected chi connectivity index (χ4v) is 4.17. The summed E-state index contributed by atoms with van der Waals surface area (Å²) in [6, 6.07) is 5.84. The number of piperidine rings is 1. The summed E-state index contributed by atoms with van der Waals surface area (Å²) >= 11 is 0. The summed E-state index contributed by atoms with van der Waals surface area (Å²) in [4.78, 5) is 28.4. The van der Waals surface area contributed by atoms with E-state index in [9.17, 15) is 4.79 Å². The van der Waals surface area contributed by atoms with Crippen LogP contribution in [-0.2, 0) is 9.53 Å². The van der Waals surface area contributed by atoms with Crippen LogP contribution in [0.2, 0.25) is 0 Å². The summed E-state index contributed by atoms with van der Waals surface area (Å²) in [6.45, 7) is 2.32. The number of carbonyl (C=O) groups is 1. The number of pyridine rings is 1. The maximum Gasteiger partial charge on any atom is 0.225 e. The fourth-order valence-electron chi connectivity index (χ4n) is 4.17. The summed E-state index contributed by atoms with van der Waals surface area (Å²) in [5.41, 5.74) is 1.93. The molecule has 2 aromatic heterocycles. The number of nitrogens with one attached hydrogen (secondary N) is 1. The van der Waals surface area contributed by atoms with Gasteiger partial charge in [-0.1, -0.05) is 0 Å². The summed E-state index contributed by atoms with van der Waals surface area (Å²) in [6.07, 6.45) is 9.37. The first kappa shape index (κ1) is 19.8. The van der Waals surface area contributed by atoms with Crippen molar-refractivity contribution in [2.45, 2.75) is 50.5 Å². The molecule has 2 aliphatic rings. The Balaban J connectivity index is 1.49. The Morgan fingerprint density at radius 2 is 2.07 bits per heavy atom. The van der Waals surface area contributed by atoms with E-state index in [4.69, 9.17) is 9.72 Å². The van der Waals surface area contributed by atoms with Gasteiger partial charge in [0.15, 0.2) is 5.82 Å². The molecule has 0 bridgehead atoms. The van der Waals surface area contributed by atoms with Crippen LogP contribution in [0.3, 0.4) is 0 Å². The molecule has 2 saturated heterocycles. The van der Waals surface area contributed by atoms with Gasteiger partial charge in [-0.3, -0.25) is 9.78 Å². The number of hydrogen-bond acceptors (Lipinski definition) is 6. The third kappa shape index (κ3) is 4.90. The third-order valence-electron chi connectivity index (χ3n) is 5.81. The van der Waals surface area contributed by atoms with E-state index in [1.54, 1.807) is 12.4 Å². The highest BCUT2D eigenvalue weighted by Gasteiger charge is 2.28. The zero-order valence-electron chi connectivity index (χ0n) is 17.0. The molecule has 29 heavy (non-hydrogen) atoms. The zero-order chi connectivity index (χ0) is 20.1. The standard InChI is InChI=1S/C22H29N5O2/c1-23-20-14-19(25-22(26-20)16-7-9-24-10-8-16)17-5-4-11-27(15-17)21(28)13-18-6-2-3-12-29-18/h7-10,14,17-18H,2-6,11-13,15H2,1H3,(H,23,25,26)/t17-,18+/m1/s1. The van der Waals surface area contributed by atoms with E-state index < -0.39 is 0 Å². The van der Waals surface area contributed by atoms with Gasteiger partial charge in [-0.15, -0.1) is 0 Å². The van der Waals surface area contributed by atoms with Gasteiger partial charge in [0.1, 0.15) is 5.82 Å². The van der Waals surface area contributed by atoms with Gasteiger partial charge >= 0.3 is 0 Å². The predicted octanol–water partition coefficient (Wildman–Crippen LogP) is 3.25. The quantitative estimate of drug-likeness (QED) is 0.837. The monoisotopic (exact) mass is 395 g/mol.